The summed E-state index contributed by atoms with van der Waals surface area (Å²) in [6, 6.07) is 12.4. The topological polar surface area (TPSA) is 90.3 Å². The summed E-state index contributed by atoms with van der Waals surface area (Å²) in [5.74, 6) is -0.746. The number of nitrogens with zero attached hydrogens (tertiary/aromatic N) is 2. The van der Waals surface area contributed by atoms with Crippen LogP contribution in [0.5, 0.6) is 0 Å². The van der Waals surface area contributed by atoms with E-state index in [2.05, 4.69) is 10.3 Å². The predicted molar refractivity (Wildman–Crippen MR) is 122 cm³/mol. The molecule has 0 bridgehead atoms. The van der Waals surface area contributed by atoms with Crippen LogP contribution in [0.15, 0.2) is 47.3 Å². The van der Waals surface area contributed by atoms with E-state index in [9.17, 15) is 14.4 Å². The second kappa shape index (κ2) is 8.31. The van der Waals surface area contributed by atoms with Gasteiger partial charge >= 0.3 is 5.97 Å². The fraction of sp³-hybridized carbons (Fsp3) is 0.217. The van der Waals surface area contributed by atoms with Crippen molar-refractivity contribution >= 4 is 49.5 Å². The van der Waals surface area contributed by atoms with Crippen LogP contribution in [0, 0.1) is 13.8 Å². The second-order valence-corrected chi connectivity index (χ2v) is 8.22. The molecule has 1 N–H and O–H groups in total. The zero-order valence-corrected chi connectivity index (χ0v) is 18.2. The number of hydrogen-bond acceptors (Lipinski definition) is 6. The molecular weight excluding hydrogens is 414 g/mol. The van der Waals surface area contributed by atoms with Gasteiger partial charge in [-0.1, -0.05) is 29.5 Å². The summed E-state index contributed by atoms with van der Waals surface area (Å²) in [7, 11) is 0. The summed E-state index contributed by atoms with van der Waals surface area (Å²) in [5.41, 5.74) is 3.44. The highest BCUT2D eigenvalue weighted by molar-refractivity contribution is 7.22. The first-order chi connectivity index (χ1) is 14.9. The third-order valence-corrected chi connectivity index (χ3v) is 5.92. The fourth-order valence-electron chi connectivity index (χ4n) is 3.57. The van der Waals surface area contributed by atoms with Gasteiger partial charge in [0.15, 0.2) is 5.13 Å². The number of ether oxygens (including phenoxy) is 1. The molecule has 0 aliphatic heterocycles. The Morgan fingerprint density at radius 1 is 1.13 bits per heavy atom. The van der Waals surface area contributed by atoms with Crippen molar-refractivity contribution in [3.8, 4) is 0 Å². The molecule has 0 radical (unpaired) electrons. The van der Waals surface area contributed by atoms with Gasteiger partial charge in [-0.2, -0.15) is 0 Å². The number of esters is 1. The molecule has 4 rings (SSSR count). The number of carbonyl (C=O) groups is 2. The molecule has 2 heterocycles. The first kappa shape index (κ1) is 20.7. The number of para-hydroxylation sites is 1. The summed E-state index contributed by atoms with van der Waals surface area (Å²) >= 11 is 1.26. The number of anilines is 1. The Hall–Kier alpha value is -3.52. The van der Waals surface area contributed by atoms with E-state index >= 15 is 0 Å². The standard InChI is InChI=1S/C23H21N3O4S/c1-4-30-22(29)15-8-9-17-18(11-15)31-23(24-17)25-19(27)12-26-20(28)10-14(3)16-7-5-6-13(2)21(16)26/h5-11H,4,12H2,1-3H3,(H,24,25,27). The molecule has 0 saturated heterocycles. The average Bonchev–Trinajstić information content (AvgIpc) is 3.12. The minimum absolute atomic E-state index is 0.121. The number of nitrogens with one attached hydrogen (secondary N) is 1. The van der Waals surface area contributed by atoms with Gasteiger partial charge in [0.05, 0.1) is 27.9 Å². The zero-order valence-electron chi connectivity index (χ0n) is 17.4. The Morgan fingerprint density at radius 2 is 1.94 bits per heavy atom. The van der Waals surface area contributed by atoms with Crippen LogP contribution in [-0.2, 0) is 16.1 Å². The number of thiazole rings is 1. The molecule has 2 aromatic carbocycles. The molecule has 0 saturated carbocycles. The van der Waals surface area contributed by atoms with Crippen molar-refractivity contribution in [2.45, 2.75) is 27.3 Å². The number of benzene rings is 2. The number of aromatic nitrogens is 2. The number of fused-ring (bicyclic) bond motifs is 2. The van der Waals surface area contributed by atoms with Crippen LogP contribution < -0.4 is 10.9 Å². The molecule has 2 aromatic heterocycles. The Bertz CT molecular complexity index is 1390. The molecule has 0 unspecified atom stereocenters. The van der Waals surface area contributed by atoms with Gasteiger partial charge in [-0.3, -0.25) is 14.2 Å². The molecule has 158 valence electrons. The van der Waals surface area contributed by atoms with Gasteiger partial charge < -0.3 is 10.1 Å². The van der Waals surface area contributed by atoms with Crippen molar-refractivity contribution in [1.29, 1.82) is 0 Å². The molecule has 0 spiro atoms. The van der Waals surface area contributed by atoms with Crippen molar-refractivity contribution in [3.63, 3.8) is 0 Å². The van der Waals surface area contributed by atoms with Crippen LogP contribution in [0.25, 0.3) is 21.1 Å². The fourth-order valence-corrected chi connectivity index (χ4v) is 4.49. The third kappa shape index (κ3) is 4.06. The van der Waals surface area contributed by atoms with Crippen molar-refractivity contribution in [2.24, 2.45) is 0 Å². The van der Waals surface area contributed by atoms with Gasteiger partial charge in [-0.05, 0) is 50.1 Å². The highest BCUT2D eigenvalue weighted by Crippen LogP contribution is 2.27. The Kier molecular flexibility index (Phi) is 5.56. The van der Waals surface area contributed by atoms with Gasteiger partial charge in [0.25, 0.3) is 5.56 Å². The van der Waals surface area contributed by atoms with Crippen LogP contribution in [0.2, 0.25) is 0 Å². The van der Waals surface area contributed by atoms with Gasteiger partial charge in [0, 0.05) is 11.5 Å². The molecule has 4 aromatic rings. The van der Waals surface area contributed by atoms with Crippen LogP contribution in [0.4, 0.5) is 5.13 Å². The largest absolute Gasteiger partial charge is 0.462 e. The lowest BCUT2D eigenvalue weighted by Gasteiger charge is -2.13. The summed E-state index contributed by atoms with van der Waals surface area (Å²) in [4.78, 5) is 41.7. The third-order valence-electron chi connectivity index (χ3n) is 4.99. The average molecular weight is 436 g/mol. The highest BCUT2D eigenvalue weighted by Gasteiger charge is 2.15. The minimum atomic E-state index is -0.399. The lowest BCUT2D eigenvalue weighted by molar-refractivity contribution is -0.116. The van der Waals surface area contributed by atoms with Gasteiger partial charge in [0.1, 0.15) is 6.54 Å². The Morgan fingerprint density at radius 3 is 2.71 bits per heavy atom. The van der Waals surface area contributed by atoms with Crippen molar-refractivity contribution in [3.05, 3.63) is 69.5 Å². The highest BCUT2D eigenvalue weighted by atomic mass is 32.1. The SMILES string of the molecule is CCOC(=O)c1ccc2nc(NC(=O)Cn3c(=O)cc(C)c4cccc(C)c43)sc2c1. The van der Waals surface area contributed by atoms with Crippen LogP contribution in [0.3, 0.4) is 0 Å². The first-order valence-corrected chi connectivity index (χ1v) is 10.7. The number of aryl methyl sites for hydroxylation is 2. The van der Waals surface area contributed by atoms with Crippen LogP contribution in [0.1, 0.15) is 28.4 Å². The van der Waals surface area contributed by atoms with Gasteiger partial charge in [-0.15, -0.1) is 0 Å². The van der Waals surface area contributed by atoms with Gasteiger partial charge in [0.2, 0.25) is 5.91 Å². The maximum atomic E-state index is 12.7. The molecule has 31 heavy (non-hydrogen) atoms. The summed E-state index contributed by atoms with van der Waals surface area (Å²) in [5, 5.41) is 4.12. The number of amides is 1. The van der Waals surface area contributed by atoms with E-state index in [1.165, 1.54) is 15.9 Å². The maximum Gasteiger partial charge on any atom is 0.338 e. The van der Waals surface area contributed by atoms with E-state index in [-0.39, 0.29) is 18.0 Å². The zero-order chi connectivity index (χ0) is 22.1. The normalized spacial score (nSPS) is 11.1. The Balaban J connectivity index is 1.60. The van der Waals surface area contributed by atoms with E-state index in [1.807, 2.05) is 32.0 Å². The minimum Gasteiger partial charge on any atom is -0.462 e. The van der Waals surface area contributed by atoms with E-state index < -0.39 is 5.97 Å². The van der Waals surface area contributed by atoms with Crippen LogP contribution in [-0.4, -0.2) is 28.0 Å². The predicted octanol–water partition coefficient (Wildman–Crippen LogP) is 4.04. The first-order valence-electron chi connectivity index (χ1n) is 9.84. The molecule has 0 aliphatic carbocycles. The summed E-state index contributed by atoms with van der Waals surface area (Å²) in [6.45, 7) is 5.74. The molecule has 0 fully saturated rings. The molecule has 0 aliphatic rings. The quantitative estimate of drug-likeness (QED) is 0.478. The lowest BCUT2D eigenvalue weighted by Crippen LogP contribution is -2.28. The molecule has 0 atom stereocenters. The van der Waals surface area contributed by atoms with Crippen molar-refractivity contribution in [1.82, 2.24) is 9.55 Å². The smallest absolute Gasteiger partial charge is 0.338 e. The maximum absolute atomic E-state index is 12.7. The number of hydrogen-bond donors (Lipinski definition) is 1. The van der Waals surface area contributed by atoms with Gasteiger partial charge in [-0.25, -0.2) is 9.78 Å². The monoisotopic (exact) mass is 435 g/mol. The summed E-state index contributed by atoms with van der Waals surface area (Å²) < 4.78 is 7.27. The van der Waals surface area contributed by atoms with Crippen molar-refractivity contribution < 1.29 is 14.3 Å². The lowest BCUT2D eigenvalue weighted by atomic mass is 10.1. The molecule has 1 amide bonds. The second-order valence-electron chi connectivity index (χ2n) is 7.19. The molecule has 7 nitrogen and oxygen atoms in total. The Labute approximate surface area is 182 Å². The number of pyridine rings is 1. The number of rotatable bonds is 5. The van der Waals surface area contributed by atoms with Crippen LogP contribution >= 0.6 is 11.3 Å². The van der Waals surface area contributed by atoms with E-state index in [0.29, 0.717) is 22.8 Å². The van der Waals surface area contributed by atoms with Crippen molar-refractivity contribution in [2.75, 3.05) is 11.9 Å². The van der Waals surface area contributed by atoms with E-state index in [0.717, 1.165) is 26.7 Å². The molecule has 8 heteroatoms. The van der Waals surface area contributed by atoms with E-state index in [1.54, 1.807) is 31.2 Å². The molecular formula is C23H21N3O4S. The number of carbonyl (C=O) groups excluding carboxylic acids is 2. The summed E-state index contributed by atoms with van der Waals surface area (Å²) in [6.07, 6.45) is 0. The van der Waals surface area contributed by atoms with E-state index in [4.69, 9.17) is 4.74 Å².